The fourth-order valence-electron chi connectivity index (χ4n) is 6.35. The second-order valence-electron chi connectivity index (χ2n) is 13.2. The van der Waals surface area contributed by atoms with Crippen molar-refractivity contribution in [2.24, 2.45) is 0 Å². The van der Waals surface area contributed by atoms with Gasteiger partial charge in [0.1, 0.15) is 28.6 Å². The molecule has 3 aromatic rings. The Labute approximate surface area is 302 Å². The van der Waals surface area contributed by atoms with Crippen molar-refractivity contribution < 1.29 is 52.3 Å². The minimum atomic E-state index is -1.42. The minimum absolute atomic E-state index is 0.0456. The Morgan fingerprint density at radius 2 is 1.44 bits per heavy atom. The molecule has 52 heavy (non-hydrogen) atoms. The lowest BCUT2D eigenvalue weighted by molar-refractivity contribution is -0.248. The van der Waals surface area contributed by atoms with E-state index in [1.807, 2.05) is 20.8 Å². The summed E-state index contributed by atoms with van der Waals surface area (Å²) in [6, 6.07) is 4.61. The monoisotopic (exact) mass is 718 g/mol. The molecule has 0 aliphatic carbocycles. The third kappa shape index (κ3) is 8.56. The Morgan fingerprint density at radius 3 is 2.00 bits per heavy atom. The lowest BCUT2D eigenvalue weighted by Crippen LogP contribution is -2.55. The average molecular weight is 719 g/mol. The summed E-state index contributed by atoms with van der Waals surface area (Å²) in [5, 5.41) is 11.4. The summed E-state index contributed by atoms with van der Waals surface area (Å²) in [7, 11) is 2.59. The van der Waals surface area contributed by atoms with Crippen molar-refractivity contribution in [1.29, 1.82) is 0 Å². The largest absolute Gasteiger partial charge is 0.507 e. The first-order valence-electron chi connectivity index (χ1n) is 16.7. The molecule has 0 amide bonds. The van der Waals surface area contributed by atoms with Gasteiger partial charge in [0, 0.05) is 48.6 Å². The molecular weight excluding hydrogens is 672 g/mol. The smallest absolute Gasteiger partial charge is 0.339 e. The number of methoxy groups -OCH3 is 2. The van der Waals surface area contributed by atoms with Gasteiger partial charge in [0.25, 0.3) is 0 Å². The third-order valence-electron chi connectivity index (χ3n) is 8.48. The molecular formula is C40H46O12. The topological polar surface area (TPSA) is 157 Å². The van der Waals surface area contributed by atoms with Crippen LogP contribution in [0.3, 0.4) is 0 Å². The van der Waals surface area contributed by atoms with Gasteiger partial charge in [-0.15, -0.1) is 0 Å². The summed E-state index contributed by atoms with van der Waals surface area (Å²) in [6.45, 7) is 21.9. The lowest BCUT2D eigenvalue weighted by atomic mass is 9.90. The number of hydrogen-bond acceptors (Lipinski definition) is 12. The molecule has 1 fully saturated rings. The van der Waals surface area contributed by atoms with E-state index < -0.39 is 47.9 Å². The molecule has 0 spiro atoms. The number of hydrogen-bond donors (Lipinski definition) is 1. The maximum atomic E-state index is 13.9. The highest BCUT2D eigenvalue weighted by Gasteiger charge is 2.47. The SMILES string of the molecule is C=C(C)Cc1c(-c2cc(=O)c3c(O)c(CC(=C)C)c(C)c(CC(=C)C)c3o2)ccc(OC)c1O[C@@H]1O[C@H](C(=O)OC)C(OC(C)=O)CC1OC(C)=O. The van der Waals surface area contributed by atoms with E-state index in [1.54, 1.807) is 19.1 Å². The molecule has 0 saturated carbocycles. The quantitative estimate of drug-likeness (QED) is 0.119. The van der Waals surface area contributed by atoms with Crippen molar-refractivity contribution in [3.63, 3.8) is 0 Å². The molecule has 278 valence electrons. The number of rotatable bonds is 13. The molecule has 2 heterocycles. The predicted octanol–water partition coefficient (Wildman–Crippen LogP) is 6.37. The van der Waals surface area contributed by atoms with E-state index in [4.69, 9.17) is 32.8 Å². The fraction of sp³-hybridized carbons (Fsp3) is 0.400. The second-order valence-corrected chi connectivity index (χ2v) is 13.2. The van der Waals surface area contributed by atoms with E-state index in [0.29, 0.717) is 40.7 Å². The van der Waals surface area contributed by atoms with Gasteiger partial charge in [0.15, 0.2) is 29.1 Å². The molecule has 1 aliphatic heterocycles. The van der Waals surface area contributed by atoms with E-state index in [-0.39, 0.29) is 46.8 Å². The van der Waals surface area contributed by atoms with Crippen LogP contribution in [-0.2, 0) is 52.6 Å². The van der Waals surface area contributed by atoms with Gasteiger partial charge in [-0.2, -0.15) is 0 Å². The number of fused-ring (bicyclic) bond motifs is 1. The Kier molecular flexibility index (Phi) is 12.4. The summed E-state index contributed by atoms with van der Waals surface area (Å²) in [5.74, 6) is -1.82. The summed E-state index contributed by atoms with van der Waals surface area (Å²) >= 11 is 0. The van der Waals surface area contributed by atoms with Gasteiger partial charge in [0.2, 0.25) is 6.29 Å². The van der Waals surface area contributed by atoms with Crippen LogP contribution >= 0.6 is 0 Å². The summed E-state index contributed by atoms with van der Waals surface area (Å²) in [5.41, 5.74) is 5.05. The third-order valence-corrected chi connectivity index (χ3v) is 8.48. The highest BCUT2D eigenvalue weighted by Crippen LogP contribution is 2.43. The number of ether oxygens (including phenoxy) is 6. The fourth-order valence-corrected chi connectivity index (χ4v) is 6.35. The molecule has 12 heteroatoms. The first kappa shape index (κ1) is 39.4. The van der Waals surface area contributed by atoms with Gasteiger partial charge in [-0.1, -0.05) is 36.5 Å². The highest BCUT2D eigenvalue weighted by atomic mass is 16.7. The molecule has 1 aromatic heterocycles. The highest BCUT2D eigenvalue weighted by molar-refractivity contribution is 5.90. The molecule has 1 N–H and O–H groups in total. The lowest BCUT2D eigenvalue weighted by Gasteiger charge is -2.39. The maximum absolute atomic E-state index is 13.9. The van der Waals surface area contributed by atoms with Crippen LogP contribution in [0.15, 0.2) is 63.9 Å². The van der Waals surface area contributed by atoms with E-state index in [1.165, 1.54) is 27.0 Å². The van der Waals surface area contributed by atoms with Crippen LogP contribution in [0, 0.1) is 6.92 Å². The van der Waals surface area contributed by atoms with Gasteiger partial charge >= 0.3 is 17.9 Å². The van der Waals surface area contributed by atoms with Gasteiger partial charge in [0.05, 0.1) is 14.2 Å². The number of benzene rings is 2. The molecule has 1 aliphatic rings. The molecule has 12 nitrogen and oxygen atoms in total. The Morgan fingerprint density at radius 1 is 0.865 bits per heavy atom. The zero-order chi connectivity index (χ0) is 38.6. The van der Waals surface area contributed by atoms with Crippen LogP contribution in [0.25, 0.3) is 22.3 Å². The number of esters is 3. The van der Waals surface area contributed by atoms with Crippen molar-refractivity contribution in [2.45, 2.75) is 91.8 Å². The Bertz CT molecular complexity index is 2000. The van der Waals surface area contributed by atoms with Gasteiger partial charge in [-0.25, -0.2) is 4.79 Å². The molecule has 4 atom stereocenters. The zero-order valence-electron chi connectivity index (χ0n) is 30.9. The van der Waals surface area contributed by atoms with Crippen molar-refractivity contribution in [2.75, 3.05) is 14.2 Å². The zero-order valence-corrected chi connectivity index (χ0v) is 30.9. The van der Waals surface area contributed by atoms with Crippen LogP contribution in [0.4, 0.5) is 0 Å². The number of carbonyl (C=O) groups excluding carboxylic acids is 3. The minimum Gasteiger partial charge on any atom is -0.507 e. The maximum Gasteiger partial charge on any atom is 0.339 e. The molecule has 2 aromatic carbocycles. The van der Waals surface area contributed by atoms with Crippen molar-refractivity contribution in [1.82, 2.24) is 0 Å². The average Bonchev–Trinajstić information content (AvgIpc) is 3.04. The van der Waals surface area contributed by atoms with Crippen molar-refractivity contribution >= 4 is 28.9 Å². The summed E-state index contributed by atoms with van der Waals surface area (Å²) < 4.78 is 40.5. The summed E-state index contributed by atoms with van der Waals surface area (Å²) in [4.78, 5) is 50.8. The molecule has 0 bridgehead atoms. The van der Waals surface area contributed by atoms with Crippen LogP contribution in [0.5, 0.6) is 17.2 Å². The van der Waals surface area contributed by atoms with Gasteiger partial charge in [-0.3, -0.25) is 14.4 Å². The van der Waals surface area contributed by atoms with E-state index in [9.17, 15) is 24.3 Å². The number of aromatic hydroxyl groups is 1. The van der Waals surface area contributed by atoms with Crippen LogP contribution in [0.1, 0.15) is 63.3 Å². The number of phenols is 1. The summed E-state index contributed by atoms with van der Waals surface area (Å²) in [6.07, 6.45) is -4.31. The van der Waals surface area contributed by atoms with Gasteiger partial charge < -0.3 is 37.9 Å². The first-order chi connectivity index (χ1) is 24.5. The van der Waals surface area contributed by atoms with Gasteiger partial charge in [-0.05, 0) is 64.7 Å². The standard InChI is InChI=1S/C40H46O12/c1-19(2)14-26-22(7)27(15-20(3)4)37-34(35(26)44)29(43)17-31(50-37)25-12-13-30(46-10)36(28(25)16-21(5)6)51-40-33(49-24(9)42)18-32(48-23(8)41)38(52-40)39(45)47-11/h12-13,17,32-33,38,40,44H,1,3,5,14-16,18H2,2,4,6-11H3/t32?,33?,38-,40+/m0/s1. The Balaban J connectivity index is 1.97. The molecule has 4 rings (SSSR count). The first-order valence-corrected chi connectivity index (χ1v) is 16.7. The number of phenolic OH excluding ortho intramolecular Hbond substituents is 1. The second kappa shape index (κ2) is 16.3. The van der Waals surface area contributed by atoms with E-state index in [0.717, 1.165) is 23.8 Å². The Hall–Kier alpha value is -5.36. The number of carbonyl (C=O) groups is 3. The van der Waals surface area contributed by atoms with Crippen molar-refractivity contribution in [3.8, 4) is 28.6 Å². The van der Waals surface area contributed by atoms with Crippen LogP contribution in [0.2, 0.25) is 0 Å². The molecule has 1 saturated heterocycles. The predicted molar refractivity (Wildman–Crippen MR) is 193 cm³/mol. The molecule has 0 radical (unpaired) electrons. The van der Waals surface area contributed by atoms with Crippen molar-refractivity contribution in [3.05, 3.63) is 87.1 Å². The van der Waals surface area contributed by atoms with Crippen LogP contribution < -0.4 is 14.9 Å². The number of allylic oxidation sites excluding steroid dienone is 3. The van der Waals surface area contributed by atoms with E-state index in [2.05, 4.69) is 19.7 Å². The molecule has 2 unspecified atom stereocenters. The van der Waals surface area contributed by atoms with E-state index >= 15 is 0 Å². The normalized spacial score (nSPS) is 18.3. The van der Waals surface area contributed by atoms with Crippen LogP contribution in [-0.4, -0.2) is 61.8 Å².